The van der Waals surface area contributed by atoms with Crippen molar-refractivity contribution in [3.05, 3.63) is 95.1 Å². The van der Waals surface area contributed by atoms with Crippen molar-refractivity contribution in [3.8, 4) is 0 Å². The summed E-state index contributed by atoms with van der Waals surface area (Å²) in [4.78, 5) is 13.3. The molecule has 0 heterocycles. The molecule has 6 unspecified atom stereocenters. The van der Waals surface area contributed by atoms with Crippen LogP contribution in [0.2, 0.25) is 0 Å². The number of hydrogen-bond acceptors (Lipinski definition) is 3. The van der Waals surface area contributed by atoms with Crippen LogP contribution in [0.5, 0.6) is 0 Å². The number of carbonyl (C=O) groups excluding carboxylic acids is 1. The van der Waals surface area contributed by atoms with Crippen LogP contribution in [0.25, 0.3) is 0 Å². The summed E-state index contributed by atoms with van der Waals surface area (Å²) < 4.78 is 0. The van der Waals surface area contributed by atoms with Gasteiger partial charge >= 0.3 is 0 Å². The highest BCUT2D eigenvalue weighted by atomic mass is 16.3. The fourth-order valence-corrected chi connectivity index (χ4v) is 12.4. The molecule has 6 aliphatic carbocycles. The molecule has 12 atom stereocenters. The molecule has 8 rings (SSSR count). The van der Waals surface area contributed by atoms with Crippen molar-refractivity contribution in [2.45, 2.75) is 122 Å². The lowest BCUT2D eigenvalue weighted by atomic mass is 9.52. The number of rotatable bonds is 4. The molecule has 252 valence electrons. The maximum atomic E-state index is 13.3. The minimum absolute atomic E-state index is 0.0108. The minimum Gasteiger partial charge on any atom is -0.393 e. The molecule has 0 bridgehead atoms. The topological polar surface area (TPSA) is 57.5 Å². The highest BCUT2D eigenvalue weighted by molar-refractivity contribution is 6.01. The number of hydrogen-bond donors (Lipinski definition) is 2. The van der Waals surface area contributed by atoms with Crippen LogP contribution in [-0.4, -0.2) is 28.2 Å². The smallest absolute Gasteiger partial charge is 0.166 e. The summed E-state index contributed by atoms with van der Waals surface area (Å²) in [6.45, 7) is 16.8. The second-order valence-corrected chi connectivity index (χ2v) is 17.1. The van der Waals surface area contributed by atoms with Crippen LogP contribution in [0.4, 0.5) is 0 Å². The number of aryl methyl sites for hydroxylation is 2. The number of carbonyl (C=O) groups is 1. The fourth-order valence-electron chi connectivity index (χ4n) is 12.4. The van der Waals surface area contributed by atoms with Crippen LogP contribution in [0.15, 0.2) is 61.7 Å². The molecule has 0 aromatic heterocycles. The van der Waals surface area contributed by atoms with Crippen molar-refractivity contribution < 1.29 is 15.0 Å². The maximum absolute atomic E-state index is 13.3. The predicted molar refractivity (Wildman–Crippen MR) is 192 cm³/mol. The first-order chi connectivity index (χ1) is 22.5. The third kappa shape index (κ3) is 5.25. The van der Waals surface area contributed by atoms with Gasteiger partial charge in [-0.1, -0.05) is 67.5 Å². The summed E-state index contributed by atoms with van der Waals surface area (Å²) in [6.07, 6.45) is 15.6. The van der Waals surface area contributed by atoms with E-state index in [2.05, 4.69) is 83.3 Å². The Morgan fingerprint density at radius 3 is 1.91 bits per heavy atom. The van der Waals surface area contributed by atoms with Crippen molar-refractivity contribution in [1.82, 2.24) is 0 Å². The van der Waals surface area contributed by atoms with E-state index in [1.807, 2.05) is 6.08 Å². The quantitative estimate of drug-likeness (QED) is 0.329. The van der Waals surface area contributed by atoms with Crippen molar-refractivity contribution in [2.75, 3.05) is 0 Å². The van der Waals surface area contributed by atoms with E-state index in [9.17, 15) is 15.0 Å². The monoisotopic (exact) mass is 634 g/mol. The third-order valence-electron chi connectivity index (χ3n) is 14.9. The number of Topliss-reactive ketones (excluding diaryl/α,β-unsaturated/α-hetero) is 1. The molecule has 0 aliphatic heterocycles. The summed E-state index contributed by atoms with van der Waals surface area (Å²) in [6, 6.07) is 13.5. The summed E-state index contributed by atoms with van der Waals surface area (Å²) in [5.41, 5.74) is 8.10. The normalized spacial score (nSPS) is 41.2. The van der Waals surface area contributed by atoms with Crippen LogP contribution in [-0.2, 0) is 6.42 Å². The van der Waals surface area contributed by atoms with E-state index in [4.69, 9.17) is 0 Å². The molecule has 0 spiro atoms. The summed E-state index contributed by atoms with van der Waals surface area (Å²) >= 11 is 0. The Hall–Kier alpha value is -2.49. The van der Waals surface area contributed by atoms with Gasteiger partial charge in [0, 0.05) is 11.5 Å². The minimum atomic E-state index is -0.206. The van der Waals surface area contributed by atoms with Crippen molar-refractivity contribution in [1.29, 1.82) is 0 Å². The van der Waals surface area contributed by atoms with Crippen LogP contribution in [0.3, 0.4) is 0 Å². The average Bonchev–Trinajstić information content (AvgIpc) is 3.53. The Morgan fingerprint density at radius 2 is 1.30 bits per heavy atom. The zero-order chi connectivity index (χ0) is 33.2. The molecular weight excluding hydrogens is 576 g/mol. The van der Waals surface area contributed by atoms with Gasteiger partial charge in [-0.25, -0.2) is 0 Å². The van der Waals surface area contributed by atoms with Crippen LogP contribution < -0.4 is 0 Å². The van der Waals surface area contributed by atoms with Gasteiger partial charge in [0.25, 0.3) is 0 Å². The highest BCUT2D eigenvalue weighted by Gasteiger charge is 2.58. The maximum Gasteiger partial charge on any atom is 0.166 e. The first-order valence-electron chi connectivity index (χ1n) is 18.8. The van der Waals surface area contributed by atoms with Crippen molar-refractivity contribution >= 4 is 5.78 Å². The summed E-state index contributed by atoms with van der Waals surface area (Å²) in [7, 11) is 0. The Morgan fingerprint density at radius 1 is 0.745 bits per heavy atom. The number of benzene rings is 2. The fraction of sp³-hybridized carbons (Fsp3) is 0.614. The van der Waals surface area contributed by atoms with E-state index in [1.165, 1.54) is 36.8 Å². The van der Waals surface area contributed by atoms with Gasteiger partial charge in [-0.3, -0.25) is 4.79 Å². The average molecular weight is 635 g/mol. The molecule has 0 saturated heterocycles. The molecule has 2 N–H and O–H groups in total. The lowest BCUT2D eigenvalue weighted by Crippen LogP contribution is -2.48. The zero-order valence-electron chi connectivity index (χ0n) is 29.4. The van der Waals surface area contributed by atoms with E-state index in [-0.39, 0.29) is 29.0 Å². The molecule has 4 saturated carbocycles. The molecule has 2 aromatic rings. The molecule has 3 nitrogen and oxygen atoms in total. The number of fused-ring (bicyclic) bond motifs is 10. The lowest BCUT2D eigenvalue weighted by molar-refractivity contribution is -0.0377. The van der Waals surface area contributed by atoms with E-state index in [1.54, 1.807) is 11.1 Å². The van der Waals surface area contributed by atoms with Gasteiger partial charge in [-0.2, -0.15) is 0 Å². The number of ketones is 1. The number of aliphatic hydroxyl groups is 2. The van der Waals surface area contributed by atoms with Crippen LogP contribution in [0, 0.1) is 60.2 Å². The van der Waals surface area contributed by atoms with E-state index >= 15 is 0 Å². The van der Waals surface area contributed by atoms with Gasteiger partial charge < -0.3 is 10.2 Å². The first-order valence-corrected chi connectivity index (χ1v) is 18.8. The molecule has 3 heteroatoms. The molecule has 2 aromatic carbocycles. The number of allylic oxidation sites excluding steroid dienone is 2. The molecule has 4 fully saturated rings. The molecular formula is C44H58O3. The molecule has 47 heavy (non-hydrogen) atoms. The van der Waals surface area contributed by atoms with E-state index in [0.29, 0.717) is 41.3 Å². The van der Waals surface area contributed by atoms with Gasteiger partial charge in [0.1, 0.15) is 0 Å². The zero-order valence-corrected chi connectivity index (χ0v) is 29.4. The van der Waals surface area contributed by atoms with Crippen molar-refractivity contribution in [2.24, 2.45) is 46.3 Å². The molecule has 6 aliphatic rings. The summed E-state index contributed by atoms with van der Waals surface area (Å²) in [5, 5.41) is 21.2. The van der Waals surface area contributed by atoms with E-state index in [0.717, 1.165) is 62.0 Å². The Kier molecular flexibility index (Phi) is 8.74. The van der Waals surface area contributed by atoms with Gasteiger partial charge in [0.2, 0.25) is 0 Å². The van der Waals surface area contributed by atoms with Gasteiger partial charge in [0.05, 0.1) is 12.2 Å². The first kappa shape index (κ1) is 33.0. The standard InChI is InChI=1S/C22H28O2.C22H30O/c1-4-5-16-20-15(10-11-22(3)18(20)8-9-19(22)23)14-7-6-13(2)12-17(14)21(16)24;1-4-5-15-13-16-12-14(2)6-7-17(16)18-10-11-22(3)19(21(15)18)8-9-20(22)23/h4,6-7,12,15-16,18-20,23H,1,5,8-11H2,2-3H3;4,6-7,12,15,18-21,23H,1,5,8-11,13H2,2-3H3/t15?,16-,18?,19-,20?,22-;15-,18?,19?,20+,21?,22+/m01/s1. The lowest BCUT2D eigenvalue weighted by Gasteiger charge is -2.53. The Labute approximate surface area is 284 Å². The second kappa shape index (κ2) is 12.4. The molecule has 0 radical (unpaired) electrons. The number of aliphatic hydroxyl groups excluding tert-OH is 2. The third-order valence-corrected chi connectivity index (χ3v) is 14.9. The van der Waals surface area contributed by atoms with Crippen LogP contribution >= 0.6 is 0 Å². The molecule has 0 amide bonds. The largest absolute Gasteiger partial charge is 0.393 e. The van der Waals surface area contributed by atoms with E-state index < -0.39 is 0 Å². The van der Waals surface area contributed by atoms with Crippen LogP contribution in [0.1, 0.15) is 128 Å². The van der Waals surface area contributed by atoms with Crippen molar-refractivity contribution in [3.63, 3.8) is 0 Å². The van der Waals surface area contributed by atoms with Gasteiger partial charge in [-0.15, -0.1) is 13.2 Å². The summed E-state index contributed by atoms with van der Waals surface area (Å²) in [5.74, 6) is 4.46. The Balaban J connectivity index is 0.000000150. The Bertz CT molecular complexity index is 1540. The second-order valence-electron chi connectivity index (χ2n) is 17.1. The SMILES string of the molecule is C=CC[C@@H]1C(=O)c2cc(C)ccc2C2CC[C@@]3(C)C(CC[C@@H]3O)C21.C=CC[C@@H]1Cc2cc(C)ccc2C2CC[C@@]3(C)C(CC[C@@H]3O)C21. The predicted octanol–water partition coefficient (Wildman–Crippen LogP) is 9.67. The van der Waals surface area contributed by atoms with Gasteiger partial charge in [-0.05, 0) is 159 Å². The van der Waals surface area contributed by atoms with Gasteiger partial charge in [0.15, 0.2) is 5.78 Å². The highest BCUT2D eigenvalue weighted by Crippen LogP contribution is 2.64.